The van der Waals surface area contributed by atoms with E-state index in [1.807, 2.05) is 0 Å². The van der Waals surface area contributed by atoms with Gasteiger partial charge in [0.1, 0.15) is 11.6 Å². The van der Waals surface area contributed by atoms with Gasteiger partial charge in [0, 0.05) is 11.4 Å². The fourth-order valence-corrected chi connectivity index (χ4v) is 2.58. The molecule has 82 valence electrons. The first kappa shape index (κ1) is 10.9. The van der Waals surface area contributed by atoms with Gasteiger partial charge in [-0.1, -0.05) is 6.07 Å². The Morgan fingerprint density at radius 2 is 2.07 bits per heavy atom. The lowest BCUT2D eigenvalue weighted by Gasteiger charge is -2.09. The van der Waals surface area contributed by atoms with E-state index in [0.717, 1.165) is 25.3 Å². The average Bonchev–Trinajstić information content (AvgIpc) is 2.56. The number of hydrogen-bond donors (Lipinski definition) is 0. The molecule has 0 saturated heterocycles. The van der Waals surface area contributed by atoms with Crippen molar-refractivity contribution in [2.24, 2.45) is 5.92 Å². The summed E-state index contributed by atoms with van der Waals surface area (Å²) >= 11 is 5.98. The molecule has 1 aromatic rings. The lowest BCUT2D eigenvalue weighted by Crippen LogP contribution is -2.02. The van der Waals surface area contributed by atoms with Crippen LogP contribution in [0.5, 0.6) is 0 Å². The molecule has 0 bridgehead atoms. The van der Waals surface area contributed by atoms with E-state index in [9.17, 15) is 8.78 Å². The van der Waals surface area contributed by atoms with Crippen LogP contribution in [0.2, 0.25) is 0 Å². The maximum atomic E-state index is 13.3. The van der Waals surface area contributed by atoms with E-state index in [0.29, 0.717) is 17.9 Å². The summed E-state index contributed by atoms with van der Waals surface area (Å²) in [6.07, 6.45) is 3.67. The minimum absolute atomic E-state index is 0.235. The van der Waals surface area contributed by atoms with Gasteiger partial charge in [-0.2, -0.15) is 0 Å². The maximum absolute atomic E-state index is 13.3. The molecule has 0 radical (unpaired) electrons. The quantitative estimate of drug-likeness (QED) is 0.676. The molecule has 1 aliphatic carbocycles. The van der Waals surface area contributed by atoms with Gasteiger partial charge >= 0.3 is 0 Å². The fourth-order valence-electron chi connectivity index (χ4n) is 2.20. The Balaban J connectivity index is 2.04. The number of benzene rings is 1. The second kappa shape index (κ2) is 4.48. The highest BCUT2D eigenvalue weighted by atomic mass is 35.5. The Labute approximate surface area is 93.2 Å². The van der Waals surface area contributed by atoms with Crippen molar-refractivity contribution in [1.82, 2.24) is 0 Å². The molecule has 3 heteroatoms. The number of rotatable bonds is 2. The minimum Gasteiger partial charge on any atom is -0.207 e. The molecule has 1 aliphatic rings. The van der Waals surface area contributed by atoms with Crippen molar-refractivity contribution in [1.29, 1.82) is 0 Å². The molecule has 15 heavy (non-hydrogen) atoms. The van der Waals surface area contributed by atoms with Crippen LogP contribution < -0.4 is 0 Å². The highest BCUT2D eigenvalue weighted by Gasteiger charge is 2.23. The standard InChI is InChI=1S/C12H13ClF2/c13-10-3-1-8(6-10)5-9-2-4-11(14)7-12(9)15/h2,4,7-8,10H,1,3,5-6H2. The van der Waals surface area contributed by atoms with Gasteiger partial charge in [-0.3, -0.25) is 0 Å². The monoisotopic (exact) mass is 230 g/mol. The highest BCUT2D eigenvalue weighted by Crippen LogP contribution is 2.32. The van der Waals surface area contributed by atoms with Crippen molar-refractivity contribution >= 4 is 11.6 Å². The molecule has 0 amide bonds. The summed E-state index contributed by atoms with van der Waals surface area (Å²) in [5.74, 6) is -0.502. The predicted molar refractivity (Wildman–Crippen MR) is 57.0 cm³/mol. The molecule has 0 heterocycles. The van der Waals surface area contributed by atoms with Crippen molar-refractivity contribution < 1.29 is 8.78 Å². The zero-order valence-corrected chi connectivity index (χ0v) is 9.11. The molecular formula is C12H13ClF2. The highest BCUT2D eigenvalue weighted by molar-refractivity contribution is 6.20. The van der Waals surface area contributed by atoms with Crippen LogP contribution in [0.15, 0.2) is 18.2 Å². The lowest BCUT2D eigenvalue weighted by molar-refractivity contribution is 0.514. The minimum atomic E-state index is -0.516. The van der Waals surface area contributed by atoms with E-state index < -0.39 is 11.6 Å². The Morgan fingerprint density at radius 1 is 1.27 bits per heavy atom. The first-order chi connectivity index (χ1) is 7.15. The third kappa shape index (κ3) is 2.69. The molecule has 1 aromatic carbocycles. The number of halogens is 3. The van der Waals surface area contributed by atoms with E-state index in [2.05, 4.69) is 0 Å². The van der Waals surface area contributed by atoms with Gasteiger partial charge < -0.3 is 0 Å². The van der Waals surface area contributed by atoms with Crippen molar-refractivity contribution in [3.63, 3.8) is 0 Å². The van der Waals surface area contributed by atoms with Crippen molar-refractivity contribution in [3.05, 3.63) is 35.4 Å². The van der Waals surface area contributed by atoms with Crippen LogP contribution in [0, 0.1) is 17.6 Å². The van der Waals surface area contributed by atoms with E-state index in [1.165, 1.54) is 12.1 Å². The Kier molecular flexibility index (Phi) is 3.25. The van der Waals surface area contributed by atoms with Crippen LogP contribution in [0.25, 0.3) is 0 Å². The van der Waals surface area contributed by atoms with Gasteiger partial charge in [0.05, 0.1) is 0 Å². The zero-order chi connectivity index (χ0) is 10.8. The summed E-state index contributed by atoms with van der Waals surface area (Å²) in [6, 6.07) is 3.79. The molecular weight excluding hydrogens is 218 g/mol. The summed E-state index contributed by atoms with van der Waals surface area (Å²) in [5.41, 5.74) is 0.604. The Morgan fingerprint density at radius 3 is 2.67 bits per heavy atom. The first-order valence-corrected chi connectivity index (χ1v) is 5.67. The van der Waals surface area contributed by atoms with Crippen LogP contribution in [0.1, 0.15) is 24.8 Å². The van der Waals surface area contributed by atoms with Gasteiger partial charge in [-0.25, -0.2) is 8.78 Å². The van der Waals surface area contributed by atoms with Crippen LogP contribution in [-0.2, 0) is 6.42 Å². The molecule has 1 fully saturated rings. The summed E-state index contributed by atoms with van der Waals surface area (Å²) in [7, 11) is 0. The Bertz CT molecular complexity index is 351. The summed E-state index contributed by atoms with van der Waals surface area (Å²) in [4.78, 5) is 0. The van der Waals surface area contributed by atoms with E-state index >= 15 is 0 Å². The van der Waals surface area contributed by atoms with Gasteiger partial charge in [0.15, 0.2) is 0 Å². The zero-order valence-electron chi connectivity index (χ0n) is 8.35. The topological polar surface area (TPSA) is 0 Å². The largest absolute Gasteiger partial charge is 0.207 e. The third-order valence-corrected chi connectivity index (χ3v) is 3.40. The normalized spacial score (nSPS) is 25.8. The Hall–Kier alpha value is -0.630. The van der Waals surface area contributed by atoms with Crippen LogP contribution in [0.3, 0.4) is 0 Å². The SMILES string of the molecule is Fc1ccc(CC2CCC(Cl)C2)c(F)c1. The smallest absolute Gasteiger partial charge is 0.129 e. The van der Waals surface area contributed by atoms with Gasteiger partial charge in [-0.05, 0) is 43.2 Å². The molecule has 0 spiro atoms. The molecule has 2 unspecified atom stereocenters. The summed E-state index contributed by atoms with van der Waals surface area (Å²) < 4.78 is 26.0. The van der Waals surface area contributed by atoms with E-state index in [4.69, 9.17) is 11.6 Å². The van der Waals surface area contributed by atoms with Crippen molar-refractivity contribution in [2.45, 2.75) is 31.1 Å². The first-order valence-electron chi connectivity index (χ1n) is 5.23. The lowest BCUT2D eigenvalue weighted by atomic mass is 9.98. The molecule has 2 rings (SSSR count). The van der Waals surface area contributed by atoms with Gasteiger partial charge in [-0.15, -0.1) is 11.6 Å². The second-order valence-electron chi connectivity index (χ2n) is 4.22. The maximum Gasteiger partial charge on any atom is 0.129 e. The van der Waals surface area contributed by atoms with Gasteiger partial charge in [0.2, 0.25) is 0 Å². The molecule has 1 saturated carbocycles. The van der Waals surface area contributed by atoms with Crippen LogP contribution in [0.4, 0.5) is 8.78 Å². The summed E-state index contributed by atoms with van der Waals surface area (Å²) in [5, 5.41) is 0.235. The third-order valence-electron chi connectivity index (χ3n) is 3.00. The van der Waals surface area contributed by atoms with Gasteiger partial charge in [0.25, 0.3) is 0 Å². The molecule has 2 atom stereocenters. The molecule has 0 aliphatic heterocycles. The number of hydrogen-bond acceptors (Lipinski definition) is 0. The van der Waals surface area contributed by atoms with Crippen LogP contribution >= 0.6 is 11.6 Å². The fraction of sp³-hybridized carbons (Fsp3) is 0.500. The average molecular weight is 231 g/mol. The second-order valence-corrected chi connectivity index (χ2v) is 4.83. The number of alkyl halides is 1. The van der Waals surface area contributed by atoms with E-state index in [1.54, 1.807) is 0 Å². The predicted octanol–water partition coefficient (Wildman–Crippen LogP) is 3.91. The van der Waals surface area contributed by atoms with Crippen molar-refractivity contribution in [3.8, 4) is 0 Å². The molecule has 0 nitrogen and oxygen atoms in total. The summed E-state index contributed by atoms with van der Waals surface area (Å²) in [6.45, 7) is 0. The van der Waals surface area contributed by atoms with Crippen LogP contribution in [-0.4, -0.2) is 5.38 Å². The van der Waals surface area contributed by atoms with Crippen molar-refractivity contribution in [2.75, 3.05) is 0 Å². The molecule has 0 N–H and O–H groups in total. The molecule has 0 aromatic heterocycles. The van der Waals surface area contributed by atoms with E-state index in [-0.39, 0.29) is 5.38 Å².